The van der Waals surface area contributed by atoms with Gasteiger partial charge < -0.3 is 14.8 Å². The zero-order valence-electron chi connectivity index (χ0n) is 12.6. The van der Waals surface area contributed by atoms with E-state index in [0.717, 1.165) is 35.8 Å². The van der Waals surface area contributed by atoms with E-state index >= 15 is 0 Å². The van der Waals surface area contributed by atoms with Gasteiger partial charge in [-0.1, -0.05) is 22.9 Å². The van der Waals surface area contributed by atoms with E-state index in [4.69, 9.17) is 9.47 Å². The molecule has 1 saturated heterocycles. The molecule has 118 valence electrons. The molecule has 0 aliphatic carbocycles. The van der Waals surface area contributed by atoms with Gasteiger partial charge in [0.05, 0.1) is 5.60 Å². The number of nitrogens with one attached hydrogen (secondary N) is 1. The van der Waals surface area contributed by atoms with Crippen LogP contribution >= 0.6 is 15.9 Å². The summed E-state index contributed by atoms with van der Waals surface area (Å²) < 4.78 is 25.8. The van der Waals surface area contributed by atoms with Gasteiger partial charge in [0, 0.05) is 43.7 Å². The number of ether oxygens (including phenoxy) is 2. The Labute approximate surface area is 134 Å². The van der Waals surface area contributed by atoms with Crippen LogP contribution in [0.3, 0.4) is 0 Å². The van der Waals surface area contributed by atoms with E-state index in [0.29, 0.717) is 13.2 Å². The molecule has 1 aliphatic rings. The van der Waals surface area contributed by atoms with Crippen LogP contribution in [0.15, 0.2) is 22.7 Å². The lowest BCUT2D eigenvalue weighted by Crippen LogP contribution is -2.56. The van der Waals surface area contributed by atoms with E-state index in [1.165, 1.54) is 6.07 Å². The Hall–Kier alpha value is -0.490. The minimum atomic E-state index is -0.250. The minimum Gasteiger partial charge on any atom is -0.381 e. The highest BCUT2D eigenvalue weighted by Gasteiger charge is 2.40. The Morgan fingerprint density at radius 1 is 1.43 bits per heavy atom. The lowest BCUT2D eigenvalue weighted by molar-refractivity contribution is -0.110. The number of rotatable bonds is 6. The molecule has 1 aromatic rings. The van der Waals surface area contributed by atoms with Gasteiger partial charge in [-0.3, -0.25) is 0 Å². The molecule has 0 radical (unpaired) electrons. The summed E-state index contributed by atoms with van der Waals surface area (Å²) in [6.07, 6.45) is 2.43. The Balaban J connectivity index is 2.23. The number of halogens is 2. The monoisotopic (exact) mass is 359 g/mol. The SMILES string of the molecule is CCNC(Cc1cc(F)ccc1Br)C1(OC)CCOCC1. The lowest BCUT2D eigenvalue weighted by atomic mass is 9.82. The van der Waals surface area contributed by atoms with Crippen molar-refractivity contribution in [1.29, 1.82) is 0 Å². The fraction of sp³-hybridized carbons (Fsp3) is 0.625. The largest absolute Gasteiger partial charge is 0.381 e. The fourth-order valence-corrected chi connectivity index (χ4v) is 3.43. The molecular formula is C16H23BrFNO2. The maximum Gasteiger partial charge on any atom is 0.123 e. The second-order valence-corrected chi connectivity index (χ2v) is 6.29. The normalized spacial score (nSPS) is 19.4. The van der Waals surface area contributed by atoms with Gasteiger partial charge in [-0.15, -0.1) is 0 Å². The van der Waals surface area contributed by atoms with Crippen LogP contribution < -0.4 is 5.32 Å². The first kappa shape index (κ1) is 16.9. The second kappa shape index (κ2) is 7.68. The highest BCUT2D eigenvalue weighted by molar-refractivity contribution is 9.10. The number of methoxy groups -OCH3 is 1. The van der Waals surface area contributed by atoms with E-state index < -0.39 is 0 Å². The smallest absolute Gasteiger partial charge is 0.123 e. The van der Waals surface area contributed by atoms with Gasteiger partial charge in [-0.25, -0.2) is 4.39 Å². The van der Waals surface area contributed by atoms with Gasteiger partial charge in [-0.2, -0.15) is 0 Å². The van der Waals surface area contributed by atoms with Crippen LogP contribution in [-0.2, 0) is 15.9 Å². The van der Waals surface area contributed by atoms with Crippen molar-refractivity contribution < 1.29 is 13.9 Å². The van der Waals surface area contributed by atoms with E-state index in [1.54, 1.807) is 19.2 Å². The Bertz CT molecular complexity index is 464. The van der Waals surface area contributed by atoms with Crippen molar-refractivity contribution in [1.82, 2.24) is 5.32 Å². The molecule has 0 aromatic heterocycles. The first-order chi connectivity index (χ1) is 10.1. The first-order valence-electron chi connectivity index (χ1n) is 7.41. The van der Waals surface area contributed by atoms with Crippen LogP contribution in [0.2, 0.25) is 0 Å². The molecule has 1 fully saturated rings. The van der Waals surface area contributed by atoms with E-state index in [-0.39, 0.29) is 17.5 Å². The summed E-state index contributed by atoms with van der Waals surface area (Å²) in [5, 5.41) is 3.52. The number of benzene rings is 1. The molecule has 21 heavy (non-hydrogen) atoms. The van der Waals surface area contributed by atoms with Crippen molar-refractivity contribution in [2.75, 3.05) is 26.9 Å². The molecule has 5 heteroatoms. The van der Waals surface area contributed by atoms with Crippen LogP contribution in [0.4, 0.5) is 4.39 Å². The summed E-state index contributed by atoms with van der Waals surface area (Å²) in [7, 11) is 1.76. The van der Waals surface area contributed by atoms with Crippen LogP contribution in [0.1, 0.15) is 25.3 Å². The second-order valence-electron chi connectivity index (χ2n) is 5.43. The number of hydrogen-bond donors (Lipinski definition) is 1. The number of likely N-dealkylation sites (N-methyl/N-ethyl adjacent to an activating group) is 1. The Morgan fingerprint density at radius 3 is 2.76 bits per heavy atom. The van der Waals surface area contributed by atoms with Crippen molar-refractivity contribution in [2.45, 2.75) is 37.8 Å². The molecule has 0 amide bonds. The van der Waals surface area contributed by atoms with Gasteiger partial charge in [0.2, 0.25) is 0 Å². The zero-order chi connectivity index (χ0) is 15.3. The van der Waals surface area contributed by atoms with Crippen molar-refractivity contribution in [2.24, 2.45) is 0 Å². The Kier molecular flexibility index (Phi) is 6.17. The van der Waals surface area contributed by atoms with Crippen LogP contribution in [0, 0.1) is 5.82 Å². The van der Waals surface area contributed by atoms with Gasteiger partial charge in [-0.05, 0) is 36.7 Å². The van der Waals surface area contributed by atoms with Crippen LogP contribution in [0.25, 0.3) is 0 Å². The molecule has 1 aromatic carbocycles. The molecule has 1 heterocycles. The third-order valence-corrected chi connectivity index (χ3v) is 5.04. The van der Waals surface area contributed by atoms with Gasteiger partial charge in [0.15, 0.2) is 0 Å². The molecular weight excluding hydrogens is 337 g/mol. The van der Waals surface area contributed by atoms with Crippen molar-refractivity contribution in [3.63, 3.8) is 0 Å². The van der Waals surface area contributed by atoms with Gasteiger partial charge in [0.25, 0.3) is 0 Å². The quantitative estimate of drug-likeness (QED) is 0.845. The third-order valence-electron chi connectivity index (χ3n) is 4.26. The topological polar surface area (TPSA) is 30.5 Å². The van der Waals surface area contributed by atoms with E-state index in [1.807, 2.05) is 0 Å². The van der Waals surface area contributed by atoms with Crippen molar-refractivity contribution in [3.05, 3.63) is 34.1 Å². The van der Waals surface area contributed by atoms with Gasteiger partial charge >= 0.3 is 0 Å². The molecule has 2 rings (SSSR count). The zero-order valence-corrected chi connectivity index (χ0v) is 14.2. The summed E-state index contributed by atoms with van der Waals surface area (Å²) in [6, 6.07) is 4.96. The number of hydrogen-bond acceptors (Lipinski definition) is 3. The molecule has 1 unspecified atom stereocenters. The van der Waals surface area contributed by atoms with E-state index in [9.17, 15) is 4.39 Å². The lowest BCUT2D eigenvalue weighted by Gasteiger charge is -2.43. The minimum absolute atomic E-state index is 0.134. The van der Waals surface area contributed by atoms with E-state index in [2.05, 4.69) is 28.2 Å². The maximum absolute atomic E-state index is 13.5. The average Bonchev–Trinajstić information content (AvgIpc) is 2.51. The van der Waals surface area contributed by atoms with Gasteiger partial charge in [0.1, 0.15) is 5.82 Å². The molecule has 1 atom stereocenters. The molecule has 3 nitrogen and oxygen atoms in total. The van der Waals surface area contributed by atoms with Crippen LogP contribution in [0.5, 0.6) is 0 Å². The summed E-state index contributed by atoms with van der Waals surface area (Å²) in [5.74, 6) is -0.207. The highest BCUT2D eigenvalue weighted by atomic mass is 79.9. The molecule has 1 aliphatic heterocycles. The predicted octanol–water partition coefficient (Wildman–Crippen LogP) is 3.30. The molecule has 0 bridgehead atoms. The Morgan fingerprint density at radius 2 is 2.14 bits per heavy atom. The molecule has 1 N–H and O–H groups in total. The van der Waals surface area contributed by atoms with Crippen molar-refractivity contribution in [3.8, 4) is 0 Å². The standard InChI is InChI=1S/C16H23BrFNO2/c1-3-19-15(16(20-2)6-8-21-9-7-16)11-12-10-13(18)4-5-14(12)17/h4-5,10,15,19H,3,6-9,11H2,1-2H3. The summed E-state index contributed by atoms with van der Waals surface area (Å²) in [4.78, 5) is 0. The average molecular weight is 360 g/mol. The maximum atomic E-state index is 13.5. The highest BCUT2D eigenvalue weighted by Crippen LogP contribution is 2.31. The summed E-state index contributed by atoms with van der Waals surface area (Å²) in [5.41, 5.74) is 0.712. The van der Waals surface area contributed by atoms with Crippen molar-refractivity contribution >= 4 is 15.9 Å². The molecule has 0 saturated carbocycles. The summed E-state index contributed by atoms with van der Waals surface area (Å²) in [6.45, 7) is 4.35. The third kappa shape index (κ3) is 4.03. The van der Waals surface area contributed by atoms with Crippen LogP contribution in [-0.4, -0.2) is 38.5 Å². The fourth-order valence-electron chi connectivity index (χ4n) is 3.02. The first-order valence-corrected chi connectivity index (χ1v) is 8.21. The predicted molar refractivity (Wildman–Crippen MR) is 85.1 cm³/mol. The molecule has 0 spiro atoms. The summed E-state index contributed by atoms with van der Waals surface area (Å²) >= 11 is 3.51.